The van der Waals surface area contributed by atoms with Gasteiger partial charge in [0.1, 0.15) is 18.1 Å². The molecule has 0 amide bonds. The first-order chi connectivity index (χ1) is 7.10. The van der Waals surface area contributed by atoms with Crippen molar-refractivity contribution in [3.63, 3.8) is 0 Å². The summed E-state index contributed by atoms with van der Waals surface area (Å²) in [6.45, 7) is 0. The van der Waals surface area contributed by atoms with Crippen LogP contribution in [0.2, 0.25) is 0 Å². The Morgan fingerprint density at radius 2 is 2.07 bits per heavy atom. The highest BCUT2D eigenvalue weighted by atomic mass is 35.5. The van der Waals surface area contributed by atoms with Crippen LogP contribution < -0.4 is 0 Å². The third-order valence-electron chi connectivity index (χ3n) is 2.03. The molecule has 0 radical (unpaired) electrons. The van der Waals surface area contributed by atoms with Crippen LogP contribution in [-0.2, 0) is 0 Å². The number of hydrogen-bond acceptors (Lipinski definition) is 4. The lowest BCUT2D eigenvalue weighted by molar-refractivity contribution is 0.0312. The van der Waals surface area contributed by atoms with Crippen molar-refractivity contribution in [1.82, 2.24) is 0 Å². The Bertz CT molecular complexity index is 353. The van der Waals surface area contributed by atoms with Crippen LogP contribution in [-0.4, -0.2) is 33.6 Å². The zero-order valence-electron chi connectivity index (χ0n) is 7.80. The molecule has 1 aromatic rings. The second-order valence-corrected chi connectivity index (χ2v) is 3.41. The first-order valence-corrected chi connectivity index (χ1v) is 4.83. The number of aliphatic hydroxyl groups is 2. The SMILES string of the molecule is O=Cc1ccc(O)c(C(O)C(O)CCl)c1. The van der Waals surface area contributed by atoms with Crippen molar-refractivity contribution < 1.29 is 20.1 Å². The number of carbonyl (C=O) groups is 1. The minimum atomic E-state index is -1.30. The van der Waals surface area contributed by atoms with Gasteiger partial charge < -0.3 is 15.3 Å². The molecule has 1 rings (SSSR count). The molecule has 0 saturated carbocycles. The lowest BCUT2D eigenvalue weighted by Gasteiger charge is -2.17. The van der Waals surface area contributed by atoms with Gasteiger partial charge in [-0.3, -0.25) is 4.79 Å². The highest BCUT2D eigenvalue weighted by Crippen LogP contribution is 2.27. The van der Waals surface area contributed by atoms with Gasteiger partial charge in [0.15, 0.2) is 0 Å². The Kier molecular flexibility index (Phi) is 4.08. The number of phenols is 1. The number of aldehydes is 1. The summed E-state index contributed by atoms with van der Waals surface area (Å²) in [6.07, 6.45) is -1.90. The predicted molar refractivity (Wildman–Crippen MR) is 55.2 cm³/mol. The van der Waals surface area contributed by atoms with Crippen LogP contribution in [0.5, 0.6) is 5.75 Å². The molecule has 3 N–H and O–H groups in total. The summed E-state index contributed by atoms with van der Waals surface area (Å²) >= 11 is 5.36. The summed E-state index contributed by atoms with van der Waals surface area (Å²) in [5.41, 5.74) is 0.399. The zero-order valence-corrected chi connectivity index (χ0v) is 8.55. The van der Waals surface area contributed by atoms with Gasteiger partial charge in [-0.2, -0.15) is 0 Å². The van der Waals surface area contributed by atoms with Gasteiger partial charge in [-0.25, -0.2) is 0 Å². The number of rotatable bonds is 4. The third kappa shape index (κ3) is 2.68. The summed E-state index contributed by atoms with van der Waals surface area (Å²) in [5, 5.41) is 28.3. The molecular formula is C10H11ClO4. The maximum absolute atomic E-state index is 10.5. The molecule has 0 heterocycles. The predicted octanol–water partition coefficient (Wildman–Crippen LogP) is 0.838. The quantitative estimate of drug-likeness (QED) is 0.529. The van der Waals surface area contributed by atoms with Gasteiger partial charge in [-0.1, -0.05) is 0 Å². The lowest BCUT2D eigenvalue weighted by atomic mass is 10.0. The minimum absolute atomic E-state index is 0.0905. The Labute approximate surface area is 91.7 Å². The van der Waals surface area contributed by atoms with Crippen molar-refractivity contribution in [2.45, 2.75) is 12.2 Å². The van der Waals surface area contributed by atoms with Gasteiger partial charge in [-0.05, 0) is 18.2 Å². The van der Waals surface area contributed by atoms with E-state index in [-0.39, 0.29) is 17.2 Å². The molecule has 4 nitrogen and oxygen atoms in total. The number of carbonyl (C=O) groups excluding carboxylic acids is 1. The van der Waals surface area contributed by atoms with E-state index in [1.54, 1.807) is 0 Å². The standard InChI is InChI=1S/C10H11ClO4/c11-4-9(14)10(15)7-3-6(5-12)1-2-8(7)13/h1-3,5,9-10,13-15H,4H2. The summed E-state index contributed by atoms with van der Waals surface area (Å²) in [4.78, 5) is 10.5. The second kappa shape index (κ2) is 5.11. The van der Waals surface area contributed by atoms with Crippen molar-refractivity contribution in [2.24, 2.45) is 0 Å². The van der Waals surface area contributed by atoms with Crippen molar-refractivity contribution in [3.05, 3.63) is 29.3 Å². The van der Waals surface area contributed by atoms with Gasteiger partial charge in [0.05, 0.1) is 12.0 Å². The van der Waals surface area contributed by atoms with Crippen molar-refractivity contribution in [1.29, 1.82) is 0 Å². The maximum Gasteiger partial charge on any atom is 0.150 e. The average molecular weight is 231 g/mol. The van der Waals surface area contributed by atoms with Gasteiger partial charge in [0, 0.05) is 11.1 Å². The number of halogens is 1. The van der Waals surface area contributed by atoms with E-state index in [0.29, 0.717) is 11.8 Å². The molecule has 2 unspecified atom stereocenters. The molecular weight excluding hydrogens is 220 g/mol. The van der Waals surface area contributed by atoms with Crippen LogP contribution in [0.1, 0.15) is 22.0 Å². The van der Waals surface area contributed by atoms with Crippen LogP contribution in [0.4, 0.5) is 0 Å². The zero-order chi connectivity index (χ0) is 11.4. The molecule has 15 heavy (non-hydrogen) atoms. The van der Waals surface area contributed by atoms with E-state index in [0.717, 1.165) is 0 Å². The van der Waals surface area contributed by atoms with Crippen LogP contribution in [0, 0.1) is 0 Å². The van der Waals surface area contributed by atoms with Crippen molar-refractivity contribution >= 4 is 17.9 Å². The van der Waals surface area contributed by atoms with Crippen molar-refractivity contribution in [2.75, 3.05) is 5.88 Å². The van der Waals surface area contributed by atoms with E-state index in [1.165, 1.54) is 18.2 Å². The molecule has 82 valence electrons. The summed E-state index contributed by atoms with van der Waals surface area (Å²) in [5.74, 6) is -0.344. The Morgan fingerprint density at radius 3 is 2.60 bits per heavy atom. The molecule has 5 heteroatoms. The van der Waals surface area contributed by atoms with Crippen molar-refractivity contribution in [3.8, 4) is 5.75 Å². The highest BCUT2D eigenvalue weighted by molar-refractivity contribution is 6.18. The van der Waals surface area contributed by atoms with Gasteiger partial charge >= 0.3 is 0 Å². The fraction of sp³-hybridized carbons (Fsp3) is 0.300. The lowest BCUT2D eigenvalue weighted by Crippen LogP contribution is -2.19. The summed E-state index contributed by atoms with van der Waals surface area (Å²) in [7, 11) is 0. The summed E-state index contributed by atoms with van der Waals surface area (Å²) < 4.78 is 0. The molecule has 1 aromatic carbocycles. The van der Waals surface area contributed by atoms with Gasteiger partial charge in [-0.15, -0.1) is 11.6 Å². The summed E-state index contributed by atoms with van der Waals surface area (Å²) in [6, 6.07) is 4.00. The monoisotopic (exact) mass is 230 g/mol. The maximum atomic E-state index is 10.5. The number of alkyl halides is 1. The number of phenolic OH excluding ortho intramolecular Hbond substituents is 1. The number of aromatic hydroxyl groups is 1. The molecule has 0 aliphatic carbocycles. The third-order valence-corrected chi connectivity index (χ3v) is 2.35. The smallest absolute Gasteiger partial charge is 0.150 e. The topological polar surface area (TPSA) is 77.8 Å². The minimum Gasteiger partial charge on any atom is -0.508 e. The first-order valence-electron chi connectivity index (χ1n) is 4.30. The second-order valence-electron chi connectivity index (χ2n) is 3.10. The van der Waals surface area contributed by atoms with E-state index in [9.17, 15) is 20.1 Å². The van der Waals surface area contributed by atoms with E-state index in [1.807, 2.05) is 0 Å². The normalized spacial score (nSPS) is 14.6. The fourth-order valence-electron chi connectivity index (χ4n) is 1.17. The Morgan fingerprint density at radius 1 is 1.40 bits per heavy atom. The number of hydrogen-bond donors (Lipinski definition) is 3. The molecule has 0 spiro atoms. The van der Waals surface area contributed by atoms with Crippen LogP contribution in [0.25, 0.3) is 0 Å². The molecule has 0 saturated heterocycles. The molecule has 0 aromatic heterocycles. The molecule has 2 atom stereocenters. The number of aliphatic hydroxyl groups excluding tert-OH is 2. The van der Waals surface area contributed by atoms with Gasteiger partial charge in [0.2, 0.25) is 0 Å². The van der Waals surface area contributed by atoms with E-state index in [4.69, 9.17) is 11.6 Å². The van der Waals surface area contributed by atoms with E-state index in [2.05, 4.69) is 0 Å². The van der Waals surface area contributed by atoms with Crippen LogP contribution in [0.3, 0.4) is 0 Å². The highest BCUT2D eigenvalue weighted by Gasteiger charge is 2.20. The average Bonchev–Trinajstić information content (AvgIpc) is 2.27. The Balaban J connectivity index is 3.06. The fourth-order valence-corrected chi connectivity index (χ4v) is 1.34. The number of benzene rings is 1. The van der Waals surface area contributed by atoms with E-state index >= 15 is 0 Å². The Hall–Kier alpha value is -1.10. The molecule has 0 fully saturated rings. The van der Waals surface area contributed by atoms with Crippen LogP contribution in [0.15, 0.2) is 18.2 Å². The largest absolute Gasteiger partial charge is 0.508 e. The van der Waals surface area contributed by atoms with Gasteiger partial charge in [0.25, 0.3) is 0 Å². The molecule has 0 aliphatic rings. The first kappa shape index (κ1) is 12.0. The van der Waals surface area contributed by atoms with Crippen LogP contribution >= 0.6 is 11.6 Å². The molecule has 0 aliphatic heterocycles. The van der Waals surface area contributed by atoms with E-state index < -0.39 is 12.2 Å². The molecule has 0 bridgehead atoms.